The molecule has 26 heavy (non-hydrogen) atoms. The molecule has 0 radical (unpaired) electrons. The van der Waals surface area contributed by atoms with Crippen LogP contribution in [0.15, 0.2) is 48.5 Å². The second-order valence-electron chi connectivity index (χ2n) is 6.32. The van der Waals surface area contributed by atoms with Crippen LogP contribution >= 0.6 is 0 Å². The van der Waals surface area contributed by atoms with Gasteiger partial charge in [-0.05, 0) is 50.6 Å². The van der Waals surface area contributed by atoms with E-state index in [0.29, 0.717) is 29.0 Å². The summed E-state index contributed by atoms with van der Waals surface area (Å²) in [4.78, 5) is 24.6. The molecule has 0 atom stereocenters. The largest absolute Gasteiger partial charge is 0.352 e. The van der Waals surface area contributed by atoms with Crippen LogP contribution in [-0.2, 0) is 0 Å². The molecule has 2 rings (SSSR count). The number of hydrogen-bond acceptors (Lipinski definition) is 4. The van der Waals surface area contributed by atoms with Crippen molar-refractivity contribution in [1.29, 1.82) is 0 Å². The maximum absolute atomic E-state index is 12.4. The van der Waals surface area contributed by atoms with E-state index in [1.807, 2.05) is 26.8 Å². The number of carbonyl (C=O) groups is 2. The summed E-state index contributed by atoms with van der Waals surface area (Å²) >= 11 is 0. The molecule has 6 heteroatoms. The monoisotopic (exact) mass is 354 g/mol. The minimum Gasteiger partial charge on any atom is -0.352 e. The third-order valence-corrected chi connectivity index (χ3v) is 3.75. The molecule has 2 aromatic carbocycles. The highest BCUT2D eigenvalue weighted by atomic mass is 16.2. The zero-order chi connectivity index (χ0) is 19.1. The Morgan fingerprint density at radius 3 is 2.50 bits per heavy atom. The van der Waals surface area contributed by atoms with Crippen LogP contribution in [0.1, 0.15) is 47.9 Å². The summed E-state index contributed by atoms with van der Waals surface area (Å²) in [6, 6.07) is 14.2. The first-order valence-electron chi connectivity index (χ1n) is 8.77. The van der Waals surface area contributed by atoms with Crippen LogP contribution in [0.2, 0.25) is 0 Å². The van der Waals surface area contributed by atoms with Gasteiger partial charge in [0, 0.05) is 18.2 Å². The first kappa shape index (κ1) is 19.5. The molecular formula is C20H26N4O2. The van der Waals surface area contributed by atoms with Crippen LogP contribution < -0.4 is 21.5 Å². The van der Waals surface area contributed by atoms with Crippen LogP contribution in [0.5, 0.6) is 0 Å². The van der Waals surface area contributed by atoms with E-state index >= 15 is 0 Å². The fraction of sp³-hybridized carbons (Fsp3) is 0.300. The van der Waals surface area contributed by atoms with Gasteiger partial charge in [-0.25, -0.2) is 5.84 Å². The van der Waals surface area contributed by atoms with Gasteiger partial charge in [-0.2, -0.15) is 0 Å². The van der Waals surface area contributed by atoms with Gasteiger partial charge in [0.1, 0.15) is 0 Å². The summed E-state index contributed by atoms with van der Waals surface area (Å²) in [6.45, 7) is 6.40. The highest BCUT2D eigenvalue weighted by Gasteiger charge is 2.16. The molecule has 6 nitrogen and oxygen atoms in total. The number of carbonyl (C=O) groups excluding carboxylic acids is 2. The van der Waals surface area contributed by atoms with Gasteiger partial charge in [-0.15, -0.1) is 0 Å². The van der Waals surface area contributed by atoms with Crippen LogP contribution in [0.4, 0.5) is 11.4 Å². The van der Waals surface area contributed by atoms with Gasteiger partial charge in [-0.1, -0.05) is 25.1 Å². The summed E-state index contributed by atoms with van der Waals surface area (Å²) in [5.41, 5.74) is 2.19. The molecule has 0 heterocycles. The molecule has 0 bridgehead atoms. The average molecular weight is 354 g/mol. The molecule has 0 fully saturated rings. The minimum atomic E-state index is -0.174. The van der Waals surface area contributed by atoms with Crippen molar-refractivity contribution in [3.63, 3.8) is 0 Å². The van der Waals surface area contributed by atoms with E-state index in [1.165, 1.54) is 5.01 Å². The fourth-order valence-corrected chi connectivity index (χ4v) is 2.49. The van der Waals surface area contributed by atoms with Gasteiger partial charge in [0.15, 0.2) is 0 Å². The molecule has 0 aliphatic heterocycles. The van der Waals surface area contributed by atoms with Crippen molar-refractivity contribution in [2.75, 3.05) is 11.6 Å². The standard InChI is InChI=1S/C20H26N4O2/c1-4-12-22-20(26)17-10-5-6-11-18(17)24(21)16-9-7-8-15(13-16)19(25)23-14(2)3/h5-11,13-14H,4,12,21H2,1-3H3,(H,22,26)(H,23,25). The molecule has 138 valence electrons. The third-order valence-electron chi connectivity index (χ3n) is 3.75. The average Bonchev–Trinajstić information content (AvgIpc) is 2.65. The molecule has 0 unspecified atom stereocenters. The van der Waals surface area contributed by atoms with Gasteiger partial charge in [0.2, 0.25) is 0 Å². The number of anilines is 2. The number of rotatable bonds is 7. The van der Waals surface area contributed by atoms with E-state index < -0.39 is 0 Å². The van der Waals surface area contributed by atoms with Gasteiger partial charge in [0.25, 0.3) is 11.8 Å². The Morgan fingerprint density at radius 2 is 1.81 bits per heavy atom. The number of hydrazine groups is 1. The molecule has 0 spiro atoms. The smallest absolute Gasteiger partial charge is 0.253 e. The zero-order valence-electron chi connectivity index (χ0n) is 15.5. The molecule has 2 aromatic rings. The van der Waals surface area contributed by atoms with Gasteiger partial charge in [-0.3, -0.25) is 14.6 Å². The topological polar surface area (TPSA) is 87.5 Å². The van der Waals surface area contributed by atoms with Crippen molar-refractivity contribution in [3.8, 4) is 0 Å². The Kier molecular flexibility index (Phi) is 6.74. The zero-order valence-corrected chi connectivity index (χ0v) is 15.5. The van der Waals surface area contributed by atoms with Crippen molar-refractivity contribution in [2.45, 2.75) is 33.2 Å². The predicted molar refractivity (Wildman–Crippen MR) is 104 cm³/mol. The summed E-state index contributed by atoms with van der Waals surface area (Å²) in [5, 5.41) is 7.14. The van der Waals surface area contributed by atoms with Crippen LogP contribution in [0.25, 0.3) is 0 Å². The van der Waals surface area contributed by atoms with Gasteiger partial charge < -0.3 is 10.6 Å². The highest BCUT2D eigenvalue weighted by Crippen LogP contribution is 2.26. The summed E-state index contributed by atoms with van der Waals surface area (Å²) in [5.74, 6) is 5.94. The molecule has 0 aliphatic rings. The van der Waals surface area contributed by atoms with Gasteiger partial charge in [0.05, 0.1) is 16.9 Å². The number of amides is 2. The fourth-order valence-electron chi connectivity index (χ4n) is 2.49. The Balaban J connectivity index is 2.31. The summed E-state index contributed by atoms with van der Waals surface area (Å²) in [6.07, 6.45) is 0.854. The lowest BCUT2D eigenvalue weighted by atomic mass is 10.1. The molecule has 0 aromatic heterocycles. The van der Waals surface area contributed by atoms with E-state index in [9.17, 15) is 9.59 Å². The Hall–Kier alpha value is -2.86. The quantitative estimate of drug-likeness (QED) is 0.527. The normalized spacial score (nSPS) is 10.5. The molecule has 4 N–H and O–H groups in total. The van der Waals surface area contributed by atoms with E-state index in [4.69, 9.17) is 5.84 Å². The highest BCUT2D eigenvalue weighted by molar-refractivity contribution is 6.01. The maximum atomic E-state index is 12.4. The number of nitrogens with zero attached hydrogens (tertiary/aromatic N) is 1. The van der Waals surface area contributed by atoms with Crippen molar-refractivity contribution < 1.29 is 9.59 Å². The lowest BCUT2D eigenvalue weighted by molar-refractivity contribution is 0.0938. The van der Waals surface area contributed by atoms with E-state index in [1.54, 1.807) is 42.5 Å². The number of hydrogen-bond donors (Lipinski definition) is 3. The van der Waals surface area contributed by atoms with Crippen molar-refractivity contribution >= 4 is 23.2 Å². The SMILES string of the molecule is CCCNC(=O)c1ccccc1N(N)c1cccc(C(=O)NC(C)C)c1. The van der Waals surface area contributed by atoms with E-state index in [0.717, 1.165) is 6.42 Å². The van der Waals surface area contributed by atoms with Crippen LogP contribution in [0.3, 0.4) is 0 Å². The molecular weight excluding hydrogens is 328 g/mol. The van der Waals surface area contributed by atoms with E-state index in [2.05, 4.69) is 10.6 Å². The maximum Gasteiger partial charge on any atom is 0.253 e. The van der Waals surface area contributed by atoms with Crippen molar-refractivity contribution in [2.24, 2.45) is 5.84 Å². The number of benzene rings is 2. The first-order valence-corrected chi connectivity index (χ1v) is 8.77. The van der Waals surface area contributed by atoms with Crippen molar-refractivity contribution in [3.05, 3.63) is 59.7 Å². The third kappa shape index (κ3) is 4.83. The lowest BCUT2D eigenvalue weighted by Gasteiger charge is -2.22. The predicted octanol–water partition coefficient (Wildman–Crippen LogP) is 2.98. The molecule has 0 saturated heterocycles. The van der Waals surface area contributed by atoms with Crippen molar-refractivity contribution in [1.82, 2.24) is 10.6 Å². The lowest BCUT2D eigenvalue weighted by Crippen LogP contribution is -2.32. The van der Waals surface area contributed by atoms with E-state index in [-0.39, 0.29) is 17.9 Å². The Labute approximate surface area is 154 Å². The second kappa shape index (κ2) is 9.01. The van der Waals surface area contributed by atoms with Crippen LogP contribution in [-0.4, -0.2) is 24.4 Å². The molecule has 0 aliphatic carbocycles. The van der Waals surface area contributed by atoms with Crippen LogP contribution in [0, 0.1) is 0 Å². The summed E-state index contributed by atoms with van der Waals surface area (Å²) in [7, 11) is 0. The van der Waals surface area contributed by atoms with Gasteiger partial charge >= 0.3 is 0 Å². The Morgan fingerprint density at radius 1 is 1.08 bits per heavy atom. The molecule has 0 saturated carbocycles. The first-order chi connectivity index (χ1) is 12.4. The number of nitrogens with two attached hydrogens (primary N) is 1. The minimum absolute atomic E-state index is 0.0446. The molecule has 2 amide bonds. The Bertz CT molecular complexity index is 774. The number of para-hydroxylation sites is 1. The number of nitrogens with one attached hydrogen (secondary N) is 2. The summed E-state index contributed by atoms with van der Waals surface area (Å²) < 4.78 is 0. The second-order valence-corrected chi connectivity index (χ2v) is 6.32.